The van der Waals surface area contributed by atoms with Crippen LogP contribution in [0.4, 0.5) is 0 Å². The Hall–Kier alpha value is -1.60. The van der Waals surface area contributed by atoms with Gasteiger partial charge in [0.05, 0.1) is 4.90 Å². The number of sulfonamides is 1. The van der Waals surface area contributed by atoms with Crippen LogP contribution in [0, 0.1) is 5.41 Å². The van der Waals surface area contributed by atoms with Gasteiger partial charge in [0.25, 0.3) is 0 Å². The molecule has 0 saturated heterocycles. The average molecular weight is 397 g/mol. The van der Waals surface area contributed by atoms with Crippen molar-refractivity contribution in [2.24, 2.45) is 11.1 Å². The van der Waals surface area contributed by atoms with Crippen LogP contribution in [-0.4, -0.2) is 14.5 Å². The third-order valence-electron chi connectivity index (χ3n) is 4.27. The van der Waals surface area contributed by atoms with Crippen LogP contribution in [0.25, 0.3) is 0 Å². The molecule has 0 aliphatic rings. The van der Waals surface area contributed by atoms with Gasteiger partial charge in [0.1, 0.15) is 11.5 Å². The summed E-state index contributed by atoms with van der Waals surface area (Å²) in [6, 6.07) is 11.3. The second-order valence-electron chi connectivity index (χ2n) is 7.20. The standard InChI is InChI=1S/C19H25ClN2O3S/c1-13(19(2,3)4)22-26(23,24)15-10-8-14(9-11-15)25-18-7-5-6-17(20)16(18)12-21/h5-11,13,22H,12,21H2,1-4H3. The summed E-state index contributed by atoms with van der Waals surface area (Å²) in [4.78, 5) is 0.186. The van der Waals surface area contributed by atoms with Crippen molar-refractivity contribution in [2.75, 3.05) is 0 Å². The summed E-state index contributed by atoms with van der Waals surface area (Å²) in [5.41, 5.74) is 6.24. The molecule has 5 nitrogen and oxygen atoms in total. The fourth-order valence-corrected chi connectivity index (χ4v) is 3.82. The highest BCUT2D eigenvalue weighted by Crippen LogP contribution is 2.30. The van der Waals surface area contributed by atoms with Crippen molar-refractivity contribution in [3.8, 4) is 11.5 Å². The first-order valence-corrected chi connectivity index (χ1v) is 10.2. The molecule has 7 heteroatoms. The second kappa shape index (κ2) is 7.96. The van der Waals surface area contributed by atoms with E-state index in [1.807, 2.05) is 27.7 Å². The molecule has 1 atom stereocenters. The summed E-state index contributed by atoms with van der Waals surface area (Å²) in [5, 5.41) is 0.532. The van der Waals surface area contributed by atoms with Gasteiger partial charge in [-0.25, -0.2) is 13.1 Å². The molecule has 0 bridgehead atoms. The maximum absolute atomic E-state index is 12.5. The minimum atomic E-state index is -3.60. The quantitative estimate of drug-likeness (QED) is 0.762. The maximum Gasteiger partial charge on any atom is 0.240 e. The van der Waals surface area contributed by atoms with E-state index < -0.39 is 10.0 Å². The molecule has 2 aromatic rings. The maximum atomic E-state index is 12.5. The van der Waals surface area contributed by atoms with Crippen LogP contribution >= 0.6 is 11.6 Å². The van der Waals surface area contributed by atoms with Crippen molar-refractivity contribution in [3.63, 3.8) is 0 Å². The summed E-state index contributed by atoms with van der Waals surface area (Å²) in [6.07, 6.45) is 0. The van der Waals surface area contributed by atoms with Crippen LogP contribution < -0.4 is 15.2 Å². The first kappa shape index (κ1) is 20.7. The Labute approximate surface area is 160 Å². The fraction of sp³-hybridized carbons (Fsp3) is 0.368. The SMILES string of the molecule is CC(NS(=O)(=O)c1ccc(Oc2cccc(Cl)c2CN)cc1)C(C)(C)C. The van der Waals surface area contributed by atoms with Gasteiger partial charge in [0.15, 0.2) is 0 Å². The van der Waals surface area contributed by atoms with Gasteiger partial charge >= 0.3 is 0 Å². The molecule has 0 aliphatic carbocycles. The Balaban J connectivity index is 2.20. The van der Waals surface area contributed by atoms with E-state index in [9.17, 15) is 8.42 Å². The first-order valence-electron chi connectivity index (χ1n) is 8.32. The smallest absolute Gasteiger partial charge is 0.240 e. The van der Waals surface area contributed by atoms with Crippen molar-refractivity contribution in [2.45, 2.75) is 45.2 Å². The molecule has 0 aromatic heterocycles. The number of hydrogen-bond donors (Lipinski definition) is 2. The van der Waals surface area contributed by atoms with Crippen molar-refractivity contribution in [1.29, 1.82) is 0 Å². The van der Waals surface area contributed by atoms with E-state index in [1.165, 1.54) is 12.1 Å². The molecule has 0 amide bonds. The molecule has 0 aliphatic heterocycles. The molecular formula is C19H25ClN2O3S. The molecule has 0 heterocycles. The van der Waals surface area contributed by atoms with E-state index in [0.717, 1.165) is 0 Å². The highest BCUT2D eigenvalue weighted by molar-refractivity contribution is 7.89. The van der Waals surface area contributed by atoms with E-state index in [2.05, 4.69) is 4.72 Å². The summed E-state index contributed by atoms with van der Waals surface area (Å²) in [7, 11) is -3.60. The minimum Gasteiger partial charge on any atom is -0.457 e. The zero-order valence-corrected chi connectivity index (χ0v) is 17.0. The van der Waals surface area contributed by atoms with Crippen LogP contribution in [0.15, 0.2) is 47.4 Å². The summed E-state index contributed by atoms with van der Waals surface area (Å²) in [6.45, 7) is 8.05. The Morgan fingerprint density at radius 3 is 2.31 bits per heavy atom. The highest BCUT2D eigenvalue weighted by atomic mass is 35.5. The first-order chi connectivity index (χ1) is 12.0. The number of nitrogens with one attached hydrogen (secondary N) is 1. The topological polar surface area (TPSA) is 81.4 Å². The number of ether oxygens (including phenoxy) is 1. The summed E-state index contributed by atoms with van der Waals surface area (Å²) in [5.74, 6) is 1.06. The average Bonchev–Trinajstić information content (AvgIpc) is 2.54. The Morgan fingerprint density at radius 1 is 1.15 bits per heavy atom. The molecule has 0 spiro atoms. The highest BCUT2D eigenvalue weighted by Gasteiger charge is 2.25. The largest absolute Gasteiger partial charge is 0.457 e. The lowest BCUT2D eigenvalue weighted by atomic mass is 9.89. The second-order valence-corrected chi connectivity index (χ2v) is 9.32. The van der Waals surface area contributed by atoms with Crippen molar-refractivity contribution in [1.82, 2.24) is 4.72 Å². The van der Waals surface area contributed by atoms with Crippen LogP contribution in [0.1, 0.15) is 33.3 Å². The van der Waals surface area contributed by atoms with Crippen LogP contribution in [0.3, 0.4) is 0 Å². The van der Waals surface area contributed by atoms with Gasteiger partial charge in [-0.2, -0.15) is 0 Å². The van der Waals surface area contributed by atoms with E-state index in [4.69, 9.17) is 22.1 Å². The van der Waals surface area contributed by atoms with E-state index in [-0.39, 0.29) is 22.9 Å². The van der Waals surface area contributed by atoms with Crippen LogP contribution in [-0.2, 0) is 16.6 Å². The lowest BCUT2D eigenvalue weighted by Crippen LogP contribution is -2.41. The number of rotatable bonds is 6. The van der Waals surface area contributed by atoms with Gasteiger partial charge < -0.3 is 10.5 Å². The number of benzene rings is 2. The van der Waals surface area contributed by atoms with Crippen LogP contribution in [0.5, 0.6) is 11.5 Å². The number of halogens is 1. The molecule has 2 aromatic carbocycles. The van der Waals surface area contributed by atoms with Crippen LogP contribution in [0.2, 0.25) is 5.02 Å². The van der Waals surface area contributed by atoms with Crippen molar-refractivity contribution in [3.05, 3.63) is 53.1 Å². The third-order valence-corrected chi connectivity index (χ3v) is 6.18. The van der Waals surface area contributed by atoms with Gasteiger partial charge in [0.2, 0.25) is 10.0 Å². The fourth-order valence-electron chi connectivity index (χ4n) is 2.12. The summed E-state index contributed by atoms with van der Waals surface area (Å²) >= 11 is 6.12. The van der Waals surface area contributed by atoms with Gasteiger partial charge in [-0.05, 0) is 48.7 Å². The molecule has 1 unspecified atom stereocenters. The van der Waals surface area contributed by atoms with E-state index >= 15 is 0 Å². The van der Waals surface area contributed by atoms with Gasteiger partial charge in [0, 0.05) is 23.2 Å². The Bertz CT molecular complexity index is 859. The Morgan fingerprint density at radius 2 is 1.77 bits per heavy atom. The minimum absolute atomic E-state index is 0.179. The molecule has 0 radical (unpaired) electrons. The van der Waals surface area contributed by atoms with Gasteiger partial charge in [-0.1, -0.05) is 38.4 Å². The molecule has 26 heavy (non-hydrogen) atoms. The lowest BCUT2D eigenvalue weighted by molar-refractivity contribution is 0.317. The zero-order valence-electron chi connectivity index (χ0n) is 15.4. The molecule has 0 saturated carbocycles. The molecular weight excluding hydrogens is 372 g/mol. The lowest BCUT2D eigenvalue weighted by Gasteiger charge is -2.27. The molecule has 0 fully saturated rings. The number of hydrogen-bond acceptors (Lipinski definition) is 4. The van der Waals surface area contributed by atoms with Gasteiger partial charge in [-0.15, -0.1) is 0 Å². The van der Waals surface area contributed by atoms with Crippen molar-refractivity contribution < 1.29 is 13.2 Å². The zero-order chi connectivity index (χ0) is 19.5. The third kappa shape index (κ3) is 4.98. The monoisotopic (exact) mass is 396 g/mol. The normalized spacial score (nSPS) is 13.5. The van der Waals surface area contributed by atoms with Gasteiger partial charge in [-0.3, -0.25) is 0 Å². The molecule has 3 N–H and O–H groups in total. The van der Waals surface area contributed by atoms with E-state index in [1.54, 1.807) is 30.3 Å². The number of nitrogens with two attached hydrogens (primary N) is 1. The predicted octanol–water partition coefficient (Wildman–Crippen LogP) is 4.30. The van der Waals surface area contributed by atoms with E-state index in [0.29, 0.717) is 22.1 Å². The molecule has 2 rings (SSSR count). The molecule has 142 valence electrons. The Kier molecular flexibility index (Phi) is 6.34. The summed E-state index contributed by atoms with van der Waals surface area (Å²) < 4.78 is 33.5. The van der Waals surface area contributed by atoms with Crippen molar-refractivity contribution >= 4 is 21.6 Å². The predicted molar refractivity (Wildman–Crippen MR) is 105 cm³/mol.